The molecule has 0 aliphatic carbocycles. The maximum atomic E-state index is 12.5. The van der Waals surface area contributed by atoms with Gasteiger partial charge in [0.25, 0.3) is 0 Å². The second kappa shape index (κ2) is 7.09. The van der Waals surface area contributed by atoms with Crippen molar-refractivity contribution in [3.05, 3.63) is 59.8 Å². The average molecular weight is 380 g/mol. The molecule has 1 saturated heterocycles. The lowest BCUT2D eigenvalue weighted by Gasteiger charge is -2.34. The molecule has 0 N–H and O–H groups in total. The van der Waals surface area contributed by atoms with Crippen molar-refractivity contribution in [2.45, 2.75) is 31.7 Å². The van der Waals surface area contributed by atoms with E-state index in [4.69, 9.17) is 9.47 Å². The fourth-order valence-electron chi connectivity index (χ4n) is 2.88. The van der Waals surface area contributed by atoms with Gasteiger partial charge in [0, 0.05) is 12.3 Å². The molecule has 3 rings (SSSR count). The number of pyridine rings is 1. The number of nitrogens with zero attached hydrogens (tertiary/aromatic N) is 2. The number of amides is 1. The number of carbonyl (C=O) groups is 1. The number of carbonyl (C=O) groups excluding carboxylic acids is 1. The number of cyclic esters (lactones) is 1. The van der Waals surface area contributed by atoms with Crippen LogP contribution < -0.4 is 4.74 Å². The number of aromatic nitrogens is 1. The van der Waals surface area contributed by atoms with Crippen molar-refractivity contribution >= 4 is 6.09 Å². The molecule has 5 nitrogen and oxygen atoms in total. The van der Waals surface area contributed by atoms with Crippen molar-refractivity contribution in [3.8, 4) is 5.88 Å². The van der Waals surface area contributed by atoms with E-state index in [1.807, 2.05) is 44.2 Å². The zero-order valence-corrected chi connectivity index (χ0v) is 14.9. The SMILES string of the molecule is CC(C)(c1ccccc1)N1C[C@@H](COc2ccc(C(F)(F)F)cn2)OC1=O. The third-order valence-corrected chi connectivity index (χ3v) is 4.51. The summed E-state index contributed by atoms with van der Waals surface area (Å²) < 4.78 is 48.4. The number of hydrogen-bond donors (Lipinski definition) is 0. The summed E-state index contributed by atoms with van der Waals surface area (Å²) >= 11 is 0. The molecule has 1 fully saturated rings. The number of halogens is 3. The van der Waals surface area contributed by atoms with Crippen LogP contribution in [0.4, 0.5) is 18.0 Å². The Morgan fingerprint density at radius 3 is 2.44 bits per heavy atom. The van der Waals surface area contributed by atoms with E-state index in [0.29, 0.717) is 12.7 Å². The molecule has 0 unspecified atom stereocenters. The van der Waals surface area contributed by atoms with Crippen LogP contribution in [-0.2, 0) is 16.5 Å². The highest BCUT2D eigenvalue weighted by Gasteiger charge is 2.41. The summed E-state index contributed by atoms with van der Waals surface area (Å²) in [7, 11) is 0. The summed E-state index contributed by atoms with van der Waals surface area (Å²) in [6.07, 6.45) is -4.74. The van der Waals surface area contributed by atoms with E-state index >= 15 is 0 Å². The van der Waals surface area contributed by atoms with Crippen LogP contribution in [0.3, 0.4) is 0 Å². The number of ether oxygens (including phenoxy) is 2. The van der Waals surface area contributed by atoms with Crippen LogP contribution >= 0.6 is 0 Å². The third kappa shape index (κ3) is 4.15. The summed E-state index contributed by atoms with van der Waals surface area (Å²) in [6, 6.07) is 11.6. The van der Waals surface area contributed by atoms with Gasteiger partial charge in [-0.05, 0) is 25.5 Å². The van der Waals surface area contributed by atoms with Crippen molar-refractivity contribution in [3.63, 3.8) is 0 Å². The molecule has 1 aromatic heterocycles. The maximum absolute atomic E-state index is 12.5. The number of alkyl halides is 3. The Hall–Kier alpha value is -2.77. The number of rotatable bonds is 5. The Labute approximate surface area is 154 Å². The van der Waals surface area contributed by atoms with Gasteiger partial charge in [0.05, 0.1) is 17.6 Å². The van der Waals surface area contributed by atoms with Crippen molar-refractivity contribution in [1.82, 2.24) is 9.88 Å². The Kier molecular flexibility index (Phi) is 4.99. The Bertz CT molecular complexity index is 792. The first-order valence-corrected chi connectivity index (χ1v) is 8.38. The van der Waals surface area contributed by atoms with Crippen LogP contribution in [0.1, 0.15) is 25.0 Å². The topological polar surface area (TPSA) is 51.7 Å². The second-order valence-electron chi connectivity index (χ2n) is 6.74. The van der Waals surface area contributed by atoms with Gasteiger partial charge in [-0.3, -0.25) is 4.90 Å². The quantitative estimate of drug-likeness (QED) is 0.779. The van der Waals surface area contributed by atoms with Crippen LogP contribution in [0.2, 0.25) is 0 Å². The molecule has 1 atom stereocenters. The monoisotopic (exact) mass is 380 g/mol. The predicted octanol–water partition coefficient (Wildman–Crippen LogP) is 4.24. The Morgan fingerprint density at radius 1 is 1.15 bits per heavy atom. The molecule has 1 aliphatic heterocycles. The minimum atomic E-state index is -4.45. The van der Waals surface area contributed by atoms with Gasteiger partial charge >= 0.3 is 12.3 Å². The molecule has 27 heavy (non-hydrogen) atoms. The summed E-state index contributed by atoms with van der Waals surface area (Å²) in [4.78, 5) is 17.5. The molecule has 8 heteroatoms. The number of hydrogen-bond acceptors (Lipinski definition) is 4. The van der Waals surface area contributed by atoms with Crippen molar-refractivity contribution in [2.75, 3.05) is 13.2 Å². The van der Waals surface area contributed by atoms with Gasteiger partial charge in [-0.1, -0.05) is 30.3 Å². The van der Waals surface area contributed by atoms with Gasteiger partial charge in [-0.25, -0.2) is 9.78 Å². The molecule has 1 aliphatic rings. The highest BCUT2D eigenvalue weighted by atomic mass is 19.4. The van der Waals surface area contributed by atoms with E-state index in [1.165, 1.54) is 0 Å². The molecule has 0 saturated carbocycles. The van der Waals surface area contributed by atoms with Gasteiger partial charge in [0.15, 0.2) is 6.10 Å². The minimum absolute atomic E-state index is 0.00543. The largest absolute Gasteiger partial charge is 0.474 e. The molecule has 1 aromatic carbocycles. The number of benzene rings is 1. The van der Waals surface area contributed by atoms with E-state index < -0.39 is 29.5 Å². The second-order valence-corrected chi connectivity index (χ2v) is 6.74. The standard InChI is InChI=1S/C19H19F3N2O3/c1-18(2,13-6-4-3-5-7-13)24-11-15(27-17(24)25)12-26-16-9-8-14(10-23-16)19(20,21)22/h3-10,15H,11-12H2,1-2H3/t15-/m0/s1. The fraction of sp³-hybridized carbons (Fsp3) is 0.368. The molecule has 0 spiro atoms. The lowest BCUT2D eigenvalue weighted by molar-refractivity contribution is -0.137. The average Bonchev–Trinajstić information content (AvgIpc) is 3.02. The fourth-order valence-corrected chi connectivity index (χ4v) is 2.88. The summed E-state index contributed by atoms with van der Waals surface area (Å²) in [5.74, 6) is 0.0415. The zero-order chi connectivity index (χ0) is 19.7. The summed E-state index contributed by atoms with van der Waals surface area (Å²) in [5.41, 5.74) is -0.453. The Morgan fingerprint density at radius 2 is 1.85 bits per heavy atom. The molecule has 0 radical (unpaired) electrons. The van der Waals surface area contributed by atoms with Crippen LogP contribution in [0.25, 0.3) is 0 Å². The Balaban J connectivity index is 1.61. The van der Waals surface area contributed by atoms with Crippen LogP contribution in [0, 0.1) is 0 Å². The minimum Gasteiger partial charge on any atom is -0.474 e. The van der Waals surface area contributed by atoms with Crippen molar-refractivity contribution in [1.29, 1.82) is 0 Å². The van der Waals surface area contributed by atoms with Crippen molar-refractivity contribution in [2.24, 2.45) is 0 Å². The van der Waals surface area contributed by atoms with E-state index in [9.17, 15) is 18.0 Å². The summed E-state index contributed by atoms with van der Waals surface area (Å²) in [5, 5.41) is 0. The third-order valence-electron chi connectivity index (χ3n) is 4.51. The maximum Gasteiger partial charge on any atom is 0.417 e. The molecule has 0 bridgehead atoms. The van der Waals surface area contributed by atoms with Gasteiger partial charge in [-0.15, -0.1) is 0 Å². The van der Waals surface area contributed by atoms with Gasteiger partial charge in [0.1, 0.15) is 6.61 Å². The molecular weight excluding hydrogens is 361 g/mol. The lowest BCUT2D eigenvalue weighted by atomic mass is 9.92. The van der Waals surface area contributed by atoms with Crippen LogP contribution in [-0.4, -0.2) is 35.2 Å². The predicted molar refractivity (Wildman–Crippen MR) is 91.2 cm³/mol. The molecular formula is C19H19F3N2O3. The molecule has 2 heterocycles. The van der Waals surface area contributed by atoms with Gasteiger partial charge in [-0.2, -0.15) is 13.2 Å². The highest BCUT2D eigenvalue weighted by Crippen LogP contribution is 2.32. The van der Waals surface area contributed by atoms with E-state index in [0.717, 1.165) is 17.7 Å². The zero-order valence-electron chi connectivity index (χ0n) is 14.9. The highest BCUT2D eigenvalue weighted by molar-refractivity contribution is 5.71. The smallest absolute Gasteiger partial charge is 0.417 e. The molecule has 2 aromatic rings. The first-order valence-electron chi connectivity index (χ1n) is 8.38. The van der Waals surface area contributed by atoms with Crippen LogP contribution in [0.15, 0.2) is 48.7 Å². The molecule has 1 amide bonds. The molecule has 144 valence electrons. The van der Waals surface area contributed by atoms with E-state index in [2.05, 4.69) is 4.98 Å². The lowest BCUT2D eigenvalue weighted by Crippen LogP contribution is -2.42. The van der Waals surface area contributed by atoms with E-state index in [-0.39, 0.29) is 12.5 Å². The first kappa shape index (κ1) is 19.0. The van der Waals surface area contributed by atoms with Gasteiger partial charge in [0.2, 0.25) is 5.88 Å². The summed E-state index contributed by atoms with van der Waals surface area (Å²) in [6.45, 7) is 4.15. The van der Waals surface area contributed by atoms with Crippen molar-refractivity contribution < 1.29 is 27.4 Å². The first-order chi connectivity index (χ1) is 12.7. The van der Waals surface area contributed by atoms with Gasteiger partial charge < -0.3 is 9.47 Å². The normalized spacial score (nSPS) is 17.7. The van der Waals surface area contributed by atoms with E-state index in [1.54, 1.807) is 4.90 Å². The van der Waals surface area contributed by atoms with Crippen LogP contribution in [0.5, 0.6) is 5.88 Å².